The third-order valence-electron chi connectivity index (χ3n) is 3.11. The molecule has 1 aliphatic carbocycles. The van der Waals surface area contributed by atoms with Gasteiger partial charge in [0, 0.05) is 11.6 Å². The van der Waals surface area contributed by atoms with Crippen LogP contribution in [-0.4, -0.2) is 16.0 Å². The van der Waals surface area contributed by atoms with E-state index in [2.05, 4.69) is 36.1 Å². The summed E-state index contributed by atoms with van der Waals surface area (Å²) in [6.07, 6.45) is 4.17. The van der Waals surface area contributed by atoms with E-state index in [-0.39, 0.29) is 0 Å². The van der Waals surface area contributed by atoms with Gasteiger partial charge < -0.3 is 5.32 Å². The summed E-state index contributed by atoms with van der Waals surface area (Å²) in [6.45, 7) is 6.42. The maximum absolute atomic E-state index is 6.11. The molecular formula is C12H18ClN3. The van der Waals surface area contributed by atoms with Crippen LogP contribution in [-0.2, 0) is 0 Å². The molecule has 1 fully saturated rings. The van der Waals surface area contributed by atoms with Crippen molar-refractivity contribution in [3.63, 3.8) is 0 Å². The summed E-state index contributed by atoms with van der Waals surface area (Å²) in [5.41, 5.74) is 1.02. The highest BCUT2D eigenvalue weighted by atomic mass is 35.5. The summed E-state index contributed by atoms with van der Waals surface area (Å²) in [6, 6.07) is 0.475. The van der Waals surface area contributed by atoms with E-state index in [1.807, 2.05) is 0 Å². The van der Waals surface area contributed by atoms with Crippen molar-refractivity contribution in [3.8, 4) is 0 Å². The van der Waals surface area contributed by atoms with E-state index < -0.39 is 0 Å². The first-order chi connectivity index (χ1) is 7.59. The van der Waals surface area contributed by atoms with E-state index in [9.17, 15) is 0 Å². The number of rotatable bonds is 4. The first-order valence-corrected chi connectivity index (χ1v) is 6.24. The molecule has 3 nitrogen and oxygen atoms in total. The van der Waals surface area contributed by atoms with E-state index >= 15 is 0 Å². The van der Waals surface area contributed by atoms with Crippen molar-refractivity contribution in [2.24, 2.45) is 5.92 Å². The van der Waals surface area contributed by atoms with Crippen LogP contribution in [0.4, 0.5) is 5.82 Å². The first kappa shape index (κ1) is 11.6. The lowest BCUT2D eigenvalue weighted by Crippen LogP contribution is -2.20. The van der Waals surface area contributed by atoms with Gasteiger partial charge in [-0.1, -0.05) is 25.4 Å². The fourth-order valence-electron chi connectivity index (χ4n) is 1.93. The van der Waals surface area contributed by atoms with Crippen molar-refractivity contribution >= 4 is 17.4 Å². The molecule has 1 aromatic rings. The maximum Gasteiger partial charge on any atom is 0.138 e. The molecule has 0 radical (unpaired) electrons. The zero-order chi connectivity index (χ0) is 11.7. The molecule has 4 heteroatoms. The monoisotopic (exact) mass is 239 g/mol. The topological polar surface area (TPSA) is 37.8 Å². The lowest BCUT2D eigenvalue weighted by atomic mass is 10.1. The molecule has 0 amide bonds. The predicted octanol–water partition coefficient (Wildman–Crippen LogP) is 3.46. The van der Waals surface area contributed by atoms with Gasteiger partial charge in [-0.2, -0.15) is 0 Å². The molecule has 0 spiro atoms. The van der Waals surface area contributed by atoms with Crippen LogP contribution in [0.2, 0.25) is 5.15 Å². The molecule has 0 aromatic carbocycles. The van der Waals surface area contributed by atoms with E-state index in [1.165, 1.54) is 19.2 Å². The Balaban J connectivity index is 2.21. The molecular weight excluding hydrogens is 222 g/mol. The van der Waals surface area contributed by atoms with Gasteiger partial charge in [0.25, 0.3) is 0 Å². The molecule has 1 N–H and O–H groups in total. The summed E-state index contributed by atoms with van der Waals surface area (Å²) >= 11 is 6.11. The van der Waals surface area contributed by atoms with Gasteiger partial charge in [0.1, 0.15) is 17.3 Å². The van der Waals surface area contributed by atoms with Crippen molar-refractivity contribution in [1.82, 2.24) is 9.97 Å². The van der Waals surface area contributed by atoms with Crippen LogP contribution in [0, 0.1) is 5.92 Å². The number of nitrogens with one attached hydrogen (secondary N) is 1. The highest BCUT2D eigenvalue weighted by Gasteiger charge is 2.28. The summed E-state index contributed by atoms with van der Waals surface area (Å²) in [5.74, 6) is 2.03. The second-order valence-corrected chi connectivity index (χ2v) is 5.21. The zero-order valence-corrected chi connectivity index (χ0v) is 10.8. The fraction of sp³-hybridized carbons (Fsp3) is 0.667. The Morgan fingerprint density at radius 1 is 1.31 bits per heavy atom. The lowest BCUT2D eigenvalue weighted by molar-refractivity contribution is 0.685. The van der Waals surface area contributed by atoms with E-state index in [4.69, 9.17) is 11.6 Å². The third kappa shape index (κ3) is 2.46. The number of hydrogen-bond acceptors (Lipinski definition) is 3. The Morgan fingerprint density at radius 2 is 2.00 bits per heavy atom. The van der Waals surface area contributed by atoms with Gasteiger partial charge in [-0.15, -0.1) is 0 Å². The molecule has 0 saturated heterocycles. The Morgan fingerprint density at radius 3 is 2.56 bits per heavy atom. The Kier molecular flexibility index (Phi) is 3.33. The van der Waals surface area contributed by atoms with Gasteiger partial charge in [-0.05, 0) is 31.6 Å². The SMILES string of the molecule is CC(C)c1c(Cl)ncnc1NC(C)C1CC1. The van der Waals surface area contributed by atoms with Crippen molar-refractivity contribution in [1.29, 1.82) is 0 Å². The molecule has 1 saturated carbocycles. The van der Waals surface area contributed by atoms with Crippen LogP contribution in [0.25, 0.3) is 0 Å². The molecule has 1 aliphatic rings. The Hall–Kier alpha value is -0.830. The first-order valence-electron chi connectivity index (χ1n) is 5.86. The standard InChI is InChI=1S/C12H18ClN3/c1-7(2)10-11(13)14-6-15-12(10)16-8(3)9-4-5-9/h6-9H,4-5H2,1-3H3,(H,14,15,16). The van der Waals surface area contributed by atoms with Crippen molar-refractivity contribution in [2.45, 2.75) is 45.6 Å². The molecule has 16 heavy (non-hydrogen) atoms. The largest absolute Gasteiger partial charge is 0.367 e. The molecule has 88 valence electrons. The molecule has 1 atom stereocenters. The maximum atomic E-state index is 6.11. The third-order valence-corrected chi connectivity index (χ3v) is 3.41. The average molecular weight is 240 g/mol. The van der Waals surface area contributed by atoms with Crippen LogP contribution >= 0.6 is 11.6 Å². The summed E-state index contributed by atoms with van der Waals surface area (Å²) in [4.78, 5) is 8.35. The van der Waals surface area contributed by atoms with Gasteiger partial charge in [0.15, 0.2) is 0 Å². The van der Waals surface area contributed by atoms with Crippen molar-refractivity contribution in [2.75, 3.05) is 5.32 Å². The number of anilines is 1. The Bertz CT molecular complexity index is 375. The minimum absolute atomic E-state index is 0.336. The smallest absolute Gasteiger partial charge is 0.138 e. The fourth-order valence-corrected chi connectivity index (χ4v) is 2.28. The van der Waals surface area contributed by atoms with Crippen LogP contribution in [0.5, 0.6) is 0 Å². The van der Waals surface area contributed by atoms with E-state index in [0.29, 0.717) is 17.1 Å². The van der Waals surface area contributed by atoms with E-state index in [0.717, 1.165) is 17.3 Å². The van der Waals surface area contributed by atoms with Gasteiger partial charge >= 0.3 is 0 Å². The minimum Gasteiger partial charge on any atom is -0.367 e. The molecule has 1 heterocycles. The van der Waals surface area contributed by atoms with Gasteiger partial charge in [0.05, 0.1) is 0 Å². The summed E-state index contributed by atoms with van der Waals surface area (Å²) in [7, 11) is 0. The highest BCUT2D eigenvalue weighted by Crippen LogP contribution is 2.35. The normalized spacial score (nSPS) is 17.6. The molecule has 0 aliphatic heterocycles. The number of nitrogens with zero attached hydrogens (tertiary/aromatic N) is 2. The van der Waals surface area contributed by atoms with Gasteiger partial charge in [0.2, 0.25) is 0 Å². The summed E-state index contributed by atoms with van der Waals surface area (Å²) in [5, 5.41) is 4.02. The van der Waals surface area contributed by atoms with Crippen molar-refractivity contribution in [3.05, 3.63) is 17.0 Å². The van der Waals surface area contributed by atoms with Gasteiger partial charge in [-0.25, -0.2) is 9.97 Å². The summed E-state index contributed by atoms with van der Waals surface area (Å²) < 4.78 is 0. The molecule has 2 rings (SSSR count). The predicted molar refractivity (Wildman–Crippen MR) is 66.9 cm³/mol. The number of hydrogen-bond donors (Lipinski definition) is 1. The number of aromatic nitrogens is 2. The quantitative estimate of drug-likeness (QED) is 0.818. The minimum atomic E-state index is 0.336. The zero-order valence-electron chi connectivity index (χ0n) is 10.00. The highest BCUT2D eigenvalue weighted by molar-refractivity contribution is 6.30. The molecule has 1 aromatic heterocycles. The second-order valence-electron chi connectivity index (χ2n) is 4.85. The second kappa shape index (κ2) is 4.58. The molecule has 1 unspecified atom stereocenters. The van der Waals surface area contributed by atoms with E-state index in [1.54, 1.807) is 0 Å². The molecule has 0 bridgehead atoms. The van der Waals surface area contributed by atoms with Crippen LogP contribution in [0.15, 0.2) is 6.33 Å². The van der Waals surface area contributed by atoms with Crippen LogP contribution < -0.4 is 5.32 Å². The van der Waals surface area contributed by atoms with Crippen molar-refractivity contribution < 1.29 is 0 Å². The average Bonchev–Trinajstić information content (AvgIpc) is 2.99. The lowest BCUT2D eigenvalue weighted by Gasteiger charge is -2.18. The number of halogens is 1. The Labute approximate surface area is 102 Å². The van der Waals surface area contributed by atoms with Gasteiger partial charge in [-0.3, -0.25) is 0 Å². The van der Waals surface area contributed by atoms with Crippen LogP contribution in [0.1, 0.15) is 45.1 Å². The van der Waals surface area contributed by atoms with Crippen LogP contribution in [0.3, 0.4) is 0 Å².